The van der Waals surface area contributed by atoms with Crippen LogP contribution in [0.15, 0.2) is 36.8 Å². The van der Waals surface area contributed by atoms with E-state index in [2.05, 4.69) is 15.4 Å². The molecule has 2 aromatic heterocycles. The zero-order valence-electron chi connectivity index (χ0n) is 11.0. The average Bonchev–Trinajstić information content (AvgIpc) is 3.17. The fraction of sp³-hybridized carbons (Fsp3) is 0.357. The Kier molecular flexibility index (Phi) is 3.73. The molecule has 1 unspecified atom stereocenters. The van der Waals surface area contributed by atoms with Crippen LogP contribution < -0.4 is 5.32 Å². The van der Waals surface area contributed by atoms with Crippen LogP contribution in [0.25, 0.3) is 5.82 Å². The molecule has 2 aromatic rings. The number of carbonyl (C=O) groups excluding carboxylic acids is 1. The summed E-state index contributed by atoms with van der Waals surface area (Å²) in [7, 11) is 0. The molecular weight excluding hydrogens is 256 g/mol. The lowest BCUT2D eigenvalue weighted by Gasteiger charge is -2.12. The van der Waals surface area contributed by atoms with Crippen molar-refractivity contribution in [3.63, 3.8) is 0 Å². The van der Waals surface area contributed by atoms with Gasteiger partial charge < -0.3 is 10.1 Å². The van der Waals surface area contributed by atoms with E-state index in [9.17, 15) is 4.79 Å². The van der Waals surface area contributed by atoms with Gasteiger partial charge in [0.1, 0.15) is 6.10 Å². The molecule has 0 spiro atoms. The molecule has 0 radical (unpaired) electrons. The zero-order chi connectivity index (χ0) is 13.8. The predicted molar refractivity (Wildman–Crippen MR) is 72.2 cm³/mol. The molecular formula is C14H16N4O2. The predicted octanol–water partition coefficient (Wildman–Crippen LogP) is 1.06. The van der Waals surface area contributed by atoms with Crippen molar-refractivity contribution >= 4 is 5.91 Å². The average molecular weight is 272 g/mol. The summed E-state index contributed by atoms with van der Waals surface area (Å²) < 4.78 is 7.05. The molecule has 1 fully saturated rings. The van der Waals surface area contributed by atoms with Gasteiger partial charge in [-0.05, 0) is 25.0 Å². The maximum absolute atomic E-state index is 11.9. The summed E-state index contributed by atoms with van der Waals surface area (Å²) in [6.45, 7) is 1.09. The zero-order valence-corrected chi connectivity index (χ0v) is 11.0. The van der Waals surface area contributed by atoms with Crippen molar-refractivity contribution in [1.82, 2.24) is 20.1 Å². The highest BCUT2D eigenvalue weighted by molar-refractivity contribution is 5.81. The maximum atomic E-state index is 11.9. The van der Waals surface area contributed by atoms with E-state index in [1.807, 2.05) is 24.4 Å². The van der Waals surface area contributed by atoms with Crippen LogP contribution in [-0.2, 0) is 16.1 Å². The number of pyridine rings is 1. The third-order valence-corrected chi connectivity index (χ3v) is 3.26. The number of amides is 1. The molecule has 1 N–H and O–H groups in total. The highest BCUT2D eigenvalue weighted by Crippen LogP contribution is 2.13. The first-order chi connectivity index (χ1) is 9.84. The molecule has 104 valence electrons. The fourth-order valence-corrected chi connectivity index (χ4v) is 2.25. The van der Waals surface area contributed by atoms with Gasteiger partial charge in [0, 0.05) is 37.3 Å². The highest BCUT2D eigenvalue weighted by atomic mass is 16.5. The molecule has 0 aliphatic carbocycles. The monoisotopic (exact) mass is 272 g/mol. The van der Waals surface area contributed by atoms with Crippen molar-refractivity contribution < 1.29 is 9.53 Å². The minimum atomic E-state index is -0.306. The minimum absolute atomic E-state index is 0.0576. The Morgan fingerprint density at radius 3 is 3.15 bits per heavy atom. The SMILES string of the molecule is O=C(NCc1cccnc1-n1cccn1)C1CCCO1. The van der Waals surface area contributed by atoms with Crippen molar-refractivity contribution in [2.45, 2.75) is 25.5 Å². The molecule has 3 heterocycles. The number of rotatable bonds is 4. The summed E-state index contributed by atoms with van der Waals surface area (Å²) in [4.78, 5) is 16.3. The molecule has 3 rings (SSSR count). The molecule has 1 saturated heterocycles. The Morgan fingerprint density at radius 1 is 1.45 bits per heavy atom. The lowest BCUT2D eigenvalue weighted by atomic mass is 10.2. The number of hydrogen-bond acceptors (Lipinski definition) is 4. The lowest BCUT2D eigenvalue weighted by molar-refractivity contribution is -0.130. The van der Waals surface area contributed by atoms with E-state index in [1.54, 1.807) is 17.1 Å². The summed E-state index contributed by atoms with van der Waals surface area (Å²) in [5.41, 5.74) is 0.919. The van der Waals surface area contributed by atoms with E-state index in [1.165, 1.54) is 0 Å². The van der Waals surface area contributed by atoms with Gasteiger partial charge in [-0.25, -0.2) is 9.67 Å². The van der Waals surface area contributed by atoms with Crippen molar-refractivity contribution in [3.8, 4) is 5.82 Å². The van der Waals surface area contributed by atoms with Gasteiger partial charge in [0.25, 0.3) is 0 Å². The summed E-state index contributed by atoms with van der Waals surface area (Å²) in [5, 5.41) is 7.07. The highest BCUT2D eigenvalue weighted by Gasteiger charge is 2.23. The largest absolute Gasteiger partial charge is 0.368 e. The quantitative estimate of drug-likeness (QED) is 0.903. The van der Waals surface area contributed by atoms with Crippen LogP contribution in [0.3, 0.4) is 0 Å². The number of hydrogen-bond donors (Lipinski definition) is 1. The van der Waals surface area contributed by atoms with Gasteiger partial charge in [-0.1, -0.05) is 6.07 Å². The normalized spacial score (nSPS) is 18.1. The van der Waals surface area contributed by atoms with E-state index in [-0.39, 0.29) is 12.0 Å². The van der Waals surface area contributed by atoms with Crippen LogP contribution in [0, 0.1) is 0 Å². The second-order valence-electron chi connectivity index (χ2n) is 4.66. The first kappa shape index (κ1) is 12.8. The van der Waals surface area contributed by atoms with Crippen molar-refractivity contribution in [2.75, 3.05) is 6.61 Å². The number of nitrogens with zero attached hydrogens (tertiary/aromatic N) is 3. The Bertz CT molecular complexity index is 577. The van der Waals surface area contributed by atoms with Crippen LogP contribution in [-0.4, -0.2) is 33.4 Å². The van der Waals surface area contributed by atoms with Gasteiger partial charge in [-0.3, -0.25) is 4.79 Å². The van der Waals surface area contributed by atoms with Gasteiger partial charge in [0.15, 0.2) is 5.82 Å². The van der Waals surface area contributed by atoms with Crippen LogP contribution in [0.4, 0.5) is 0 Å². The molecule has 1 aliphatic rings. The van der Waals surface area contributed by atoms with Crippen molar-refractivity contribution in [1.29, 1.82) is 0 Å². The first-order valence-corrected chi connectivity index (χ1v) is 6.68. The van der Waals surface area contributed by atoms with E-state index in [0.717, 1.165) is 24.2 Å². The molecule has 6 heteroatoms. The van der Waals surface area contributed by atoms with Crippen LogP contribution in [0.2, 0.25) is 0 Å². The summed E-state index contributed by atoms with van der Waals surface area (Å²) in [6, 6.07) is 5.61. The van der Waals surface area contributed by atoms with E-state index < -0.39 is 0 Å². The molecule has 0 bridgehead atoms. The van der Waals surface area contributed by atoms with Gasteiger partial charge in [-0.15, -0.1) is 0 Å². The van der Waals surface area contributed by atoms with Crippen LogP contribution in [0.1, 0.15) is 18.4 Å². The molecule has 6 nitrogen and oxygen atoms in total. The fourth-order valence-electron chi connectivity index (χ4n) is 2.25. The molecule has 1 atom stereocenters. The Labute approximate surface area is 116 Å². The Balaban J connectivity index is 1.70. The number of carbonyl (C=O) groups is 1. The number of nitrogens with one attached hydrogen (secondary N) is 1. The Morgan fingerprint density at radius 2 is 2.40 bits per heavy atom. The third-order valence-electron chi connectivity index (χ3n) is 3.26. The summed E-state index contributed by atoms with van der Waals surface area (Å²) in [6.07, 6.45) is 6.67. The Hall–Kier alpha value is -2.21. The van der Waals surface area contributed by atoms with Crippen LogP contribution >= 0.6 is 0 Å². The lowest BCUT2D eigenvalue weighted by Crippen LogP contribution is -2.33. The van der Waals surface area contributed by atoms with E-state index >= 15 is 0 Å². The molecule has 0 aromatic carbocycles. The topological polar surface area (TPSA) is 69.0 Å². The summed E-state index contributed by atoms with van der Waals surface area (Å²) in [5.74, 6) is 0.669. The van der Waals surface area contributed by atoms with Gasteiger partial charge in [-0.2, -0.15) is 5.10 Å². The van der Waals surface area contributed by atoms with E-state index in [4.69, 9.17) is 4.74 Å². The number of aromatic nitrogens is 3. The molecule has 0 saturated carbocycles. The van der Waals surface area contributed by atoms with Crippen LogP contribution in [0.5, 0.6) is 0 Å². The first-order valence-electron chi connectivity index (χ1n) is 6.68. The second-order valence-corrected chi connectivity index (χ2v) is 4.66. The standard InChI is InChI=1S/C14H16N4O2/c19-14(12-5-2-9-20-12)16-10-11-4-1-6-15-13(11)18-8-3-7-17-18/h1,3-4,6-8,12H,2,5,9-10H2,(H,16,19). The third kappa shape index (κ3) is 2.70. The molecule has 1 amide bonds. The molecule has 20 heavy (non-hydrogen) atoms. The molecule has 1 aliphatic heterocycles. The van der Waals surface area contributed by atoms with Crippen molar-refractivity contribution in [3.05, 3.63) is 42.4 Å². The van der Waals surface area contributed by atoms with E-state index in [0.29, 0.717) is 13.2 Å². The van der Waals surface area contributed by atoms with Gasteiger partial charge >= 0.3 is 0 Å². The van der Waals surface area contributed by atoms with Crippen molar-refractivity contribution in [2.24, 2.45) is 0 Å². The maximum Gasteiger partial charge on any atom is 0.249 e. The van der Waals surface area contributed by atoms with Gasteiger partial charge in [0.05, 0.1) is 0 Å². The second kappa shape index (κ2) is 5.83. The summed E-state index contributed by atoms with van der Waals surface area (Å²) >= 11 is 0. The van der Waals surface area contributed by atoms with Gasteiger partial charge in [0.2, 0.25) is 5.91 Å². The smallest absolute Gasteiger partial charge is 0.249 e. The number of ether oxygens (including phenoxy) is 1. The minimum Gasteiger partial charge on any atom is -0.368 e.